The number of fused-ring (bicyclic) bond motifs is 1. The lowest BCUT2D eigenvalue weighted by Gasteiger charge is -2.36. The predicted molar refractivity (Wildman–Crippen MR) is 154 cm³/mol. The van der Waals surface area contributed by atoms with E-state index in [2.05, 4.69) is 40.2 Å². The van der Waals surface area contributed by atoms with Gasteiger partial charge in [-0.3, -0.25) is 19.1 Å². The summed E-state index contributed by atoms with van der Waals surface area (Å²) < 4.78 is 1.49. The average Bonchev–Trinajstić information content (AvgIpc) is 3.68. The topological polar surface area (TPSA) is 137 Å². The molecule has 3 atom stereocenters. The minimum atomic E-state index is -1.03. The number of benzene rings is 1. The van der Waals surface area contributed by atoms with Crippen LogP contribution in [-0.2, 0) is 29.5 Å². The number of rotatable bonds is 8. The van der Waals surface area contributed by atoms with E-state index in [4.69, 9.17) is 0 Å². The average molecular weight is 564 g/mol. The van der Waals surface area contributed by atoms with E-state index in [1.54, 1.807) is 31.3 Å². The molecule has 2 heterocycles. The third kappa shape index (κ3) is 5.54. The van der Waals surface area contributed by atoms with Crippen molar-refractivity contribution in [1.82, 2.24) is 30.6 Å². The molecule has 3 aliphatic rings. The Labute approximate surface area is 240 Å². The van der Waals surface area contributed by atoms with E-state index in [0.29, 0.717) is 30.8 Å². The van der Waals surface area contributed by atoms with Gasteiger partial charge in [-0.1, -0.05) is 39.2 Å². The normalized spacial score (nSPS) is 23.2. The van der Waals surface area contributed by atoms with Gasteiger partial charge in [0.05, 0.1) is 6.04 Å². The number of hydrogen-bond donors (Lipinski definition) is 4. The van der Waals surface area contributed by atoms with Gasteiger partial charge < -0.3 is 26.2 Å². The van der Waals surface area contributed by atoms with Crippen LogP contribution < -0.4 is 21.3 Å². The quantitative estimate of drug-likeness (QED) is 0.391. The minimum absolute atomic E-state index is 0.0270. The van der Waals surface area contributed by atoms with Crippen molar-refractivity contribution >= 4 is 29.4 Å². The molecule has 1 aliphatic heterocycles. The van der Waals surface area contributed by atoms with Crippen molar-refractivity contribution in [2.45, 2.75) is 76.4 Å². The lowest BCUT2D eigenvalue weighted by Crippen LogP contribution is -2.60. The maximum atomic E-state index is 13.7. The molecule has 2 fully saturated rings. The van der Waals surface area contributed by atoms with Crippen molar-refractivity contribution in [2.24, 2.45) is 18.9 Å². The van der Waals surface area contributed by atoms with Gasteiger partial charge in [0.15, 0.2) is 0 Å². The first-order chi connectivity index (χ1) is 19.6. The molecule has 5 amide bonds. The first-order valence-corrected chi connectivity index (χ1v) is 14.6. The molecule has 0 bridgehead atoms. The first kappa shape index (κ1) is 28.6. The minimum Gasteiger partial charge on any atom is -0.357 e. The van der Waals surface area contributed by atoms with Crippen molar-refractivity contribution in [3.05, 3.63) is 47.3 Å². The summed E-state index contributed by atoms with van der Waals surface area (Å²) in [7, 11) is 3.29. The molecule has 2 aliphatic carbocycles. The lowest BCUT2D eigenvalue weighted by molar-refractivity contribution is -0.130. The number of nitrogens with zero attached hydrogens (tertiary/aromatic N) is 3. The number of anilines is 1. The molecule has 1 aromatic carbocycles. The summed E-state index contributed by atoms with van der Waals surface area (Å²) in [5.74, 6) is -0.509. The largest absolute Gasteiger partial charge is 0.357 e. The third-order valence-electron chi connectivity index (χ3n) is 9.09. The Morgan fingerprint density at radius 2 is 1.80 bits per heavy atom. The summed E-state index contributed by atoms with van der Waals surface area (Å²) in [6.45, 7) is 4.57. The highest BCUT2D eigenvalue weighted by molar-refractivity contribution is 6.01. The second kappa shape index (κ2) is 11.5. The standard InChI is InChI=1S/C30H41N7O4/c1-18(2)23-17-37(29(41)34-23)30(28(40)31-3)15-20-10-11-22(14-21(20)16-30)33-27(39)25(19-8-6-5-7-9-19)35-26(38)24-12-13-32-36(24)4/h10-14,18-19,23,25H,5-9,15-17H2,1-4H3,(H,31,40)(H,33,39)(H,34,41)(H,35,38)/t23-,25-,30?/m0/s1. The lowest BCUT2D eigenvalue weighted by atomic mass is 9.83. The molecule has 2 aromatic rings. The second-order valence-electron chi connectivity index (χ2n) is 12.0. The van der Waals surface area contributed by atoms with Gasteiger partial charge in [-0.2, -0.15) is 5.10 Å². The number of amides is 5. The molecule has 4 N–H and O–H groups in total. The zero-order chi connectivity index (χ0) is 29.3. The number of carbonyl (C=O) groups is 4. The van der Waals surface area contributed by atoms with E-state index < -0.39 is 11.6 Å². The number of likely N-dealkylation sites (N-methyl/N-ethyl adjacent to an activating group) is 1. The fourth-order valence-corrected chi connectivity index (χ4v) is 6.65. The van der Waals surface area contributed by atoms with Crippen molar-refractivity contribution in [2.75, 3.05) is 18.9 Å². The van der Waals surface area contributed by atoms with Crippen LogP contribution in [0.15, 0.2) is 30.5 Å². The number of aromatic nitrogens is 2. The van der Waals surface area contributed by atoms with Crippen LogP contribution in [0, 0.1) is 11.8 Å². The molecule has 0 spiro atoms. The number of nitrogens with one attached hydrogen (secondary N) is 4. The summed E-state index contributed by atoms with van der Waals surface area (Å²) in [4.78, 5) is 54.7. The van der Waals surface area contributed by atoms with Crippen LogP contribution in [0.1, 0.15) is 67.6 Å². The highest BCUT2D eigenvalue weighted by atomic mass is 16.2. The van der Waals surface area contributed by atoms with Crippen LogP contribution in [0.3, 0.4) is 0 Å². The molecule has 41 heavy (non-hydrogen) atoms. The molecule has 5 rings (SSSR count). The Morgan fingerprint density at radius 1 is 1.07 bits per heavy atom. The predicted octanol–water partition coefficient (Wildman–Crippen LogP) is 2.37. The Bertz CT molecular complexity index is 1330. The van der Waals surface area contributed by atoms with Gasteiger partial charge in [0.2, 0.25) is 11.8 Å². The van der Waals surface area contributed by atoms with Crippen LogP contribution in [-0.4, -0.2) is 69.6 Å². The maximum Gasteiger partial charge on any atom is 0.318 e. The van der Waals surface area contributed by atoms with E-state index in [0.717, 1.165) is 43.2 Å². The fraction of sp³-hybridized carbons (Fsp3) is 0.567. The first-order valence-electron chi connectivity index (χ1n) is 14.6. The van der Waals surface area contributed by atoms with Crippen LogP contribution in [0.4, 0.5) is 10.5 Å². The summed E-state index contributed by atoms with van der Waals surface area (Å²) in [5.41, 5.74) is 1.85. The highest BCUT2D eigenvalue weighted by Crippen LogP contribution is 2.38. The summed E-state index contributed by atoms with van der Waals surface area (Å²) in [6, 6.07) is 6.35. The number of hydrogen-bond acceptors (Lipinski definition) is 5. The van der Waals surface area contributed by atoms with Crippen LogP contribution in [0.5, 0.6) is 0 Å². The van der Waals surface area contributed by atoms with E-state index in [1.165, 1.54) is 4.68 Å². The van der Waals surface area contributed by atoms with Crippen molar-refractivity contribution < 1.29 is 19.2 Å². The van der Waals surface area contributed by atoms with E-state index in [9.17, 15) is 19.2 Å². The second-order valence-corrected chi connectivity index (χ2v) is 12.0. The van der Waals surface area contributed by atoms with Gasteiger partial charge >= 0.3 is 6.03 Å². The number of urea groups is 1. The molecule has 1 aromatic heterocycles. The van der Waals surface area contributed by atoms with Gasteiger partial charge in [-0.15, -0.1) is 0 Å². The molecule has 1 saturated carbocycles. The smallest absolute Gasteiger partial charge is 0.318 e. The molecule has 1 unspecified atom stereocenters. The molecule has 11 heteroatoms. The number of carbonyl (C=O) groups excluding carboxylic acids is 4. The van der Waals surface area contributed by atoms with Gasteiger partial charge in [-0.05, 0) is 54.0 Å². The monoisotopic (exact) mass is 563 g/mol. The highest BCUT2D eigenvalue weighted by Gasteiger charge is 2.53. The zero-order valence-corrected chi connectivity index (χ0v) is 24.3. The summed E-state index contributed by atoms with van der Waals surface area (Å²) in [5, 5.41) is 15.9. The Balaban J connectivity index is 1.36. The fourth-order valence-electron chi connectivity index (χ4n) is 6.65. The van der Waals surface area contributed by atoms with Gasteiger partial charge in [0.25, 0.3) is 5.91 Å². The van der Waals surface area contributed by atoms with Crippen molar-refractivity contribution in [1.29, 1.82) is 0 Å². The van der Waals surface area contributed by atoms with Crippen LogP contribution >= 0.6 is 0 Å². The Hall–Kier alpha value is -3.89. The van der Waals surface area contributed by atoms with E-state index >= 15 is 0 Å². The SMILES string of the molecule is CNC(=O)C1(N2C[C@@H](C(C)C)NC2=O)Cc2ccc(NC(=O)[C@@H](NC(=O)c3ccnn3C)C3CCCCC3)cc2C1. The van der Waals surface area contributed by atoms with Crippen LogP contribution in [0.25, 0.3) is 0 Å². The zero-order valence-electron chi connectivity index (χ0n) is 24.3. The van der Waals surface area contributed by atoms with Gasteiger partial charge in [-0.25, -0.2) is 4.79 Å². The molecular formula is C30H41N7O4. The molecule has 220 valence electrons. The van der Waals surface area contributed by atoms with Crippen molar-refractivity contribution in [3.8, 4) is 0 Å². The molecule has 11 nitrogen and oxygen atoms in total. The molecular weight excluding hydrogens is 522 g/mol. The maximum absolute atomic E-state index is 13.7. The Morgan fingerprint density at radius 3 is 2.44 bits per heavy atom. The molecule has 1 saturated heterocycles. The third-order valence-corrected chi connectivity index (χ3v) is 9.09. The van der Waals surface area contributed by atoms with Crippen molar-refractivity contribution in [3.63, 3.8) is 0 Å². The van der Waals surface area contributed by atoms with Crippen LogP contribution in [0.2, 0.25) is 0 Å². The summed E-state index contributed by atoms with van der Waals surface area (Å²) in [6.07, 6.45) is 7.24. The summed E-state index contributed by atoms with van der Waals surface area (Å²) >= 11 is 0. The molecule has 0 radical (unpaired) electrons. The van der Waals surface area contributed by atoms with E-state index in [-0.39, 0.29) is 41.6 Å². The number of aryl methyl sites for hydroxylation is 1. The van der Waals surface area contributed by atoms with E-state index in [1.807, 2.05) is 18.2 Å². The van der Waals surface area contributed by atoms with Gasteiger partial charge in [0.1, 0.15) is 17.3 Å². The Kier molecular flexibility index (Phi) is 8.06. The van der Waals surface area contributed by atoms with Gasteiger partial charge in [0, 0.05) is 45.4 Å².